The first-order chi connectivity index (χ1) is 11.9. The fourth-order valence-corrected chi connectivity index (χ4v) is 3.00. The maximum atomic E-state index is 5.64. The zero-order chi connectivity index (χ0) is 17.6. The standard InChI is InChI=1S/C22H46O2/c1-3-5-7-9-10-11-12-13-14-16-18-20-24-22-21-23-19-17-15-8-6-4-2/h3-22H2,1-2H3. The number of rotatable bonds is 21. The van der Waals surface area contributed by atoms with Crippen LogP contribution in [-0.2, 0) is 9.47 Å². The summed E-state index contributed by atoms with van der Waals surface area (Å²) in [6, 6.07) is 0. The summed E-state index contributed by atoms with van der Waals surface area (Å²) < 4.78 is 11.2. The first-order valence-corrected chi connectivity index (χ1v) is 11.1. The molecule has 0 bridgehead atoms. The van der Waals surface area contributed by atoms with Crippen molar-refractivity contribution in [3.8, 4) is 0 Å². The minimum absolute atomic E-state index is 0.770. The second-order valence-corrected chi connectivity index (χ2v) is 7.17. The Kier molecular flexibility index (Phi) is 22.8. The quantitative estimate of drug-likeness (QED) is 0.204. The summed E-state index contributed by atoms with van der Waals surface area (Å²) in [6.07, 6.45) is 21.9. The Morgan fingerprint density at radius 2 is 0.625 bits per heavy atom. The summed E-state index contributed by atoms with van der Waals surface area (Å²) in [5.41, 5.74) is 0. The average molecular weight is 343 g/mol. The van der Waals surface area contributed by atoms with E-state index in [1.807, 2.05) is 0 Å². The molecule has 146 valence electrons. The van der Waals surface area contributed by atoms with E-state index in [0.29, 0.717) is 0 Å². The molecule has 2 heteroatoms. The van der Waals surface area contributed by atoms with Crippen LogP contribution in [0.25, 0.3) is 0 Å². The third-order valence-electron chi connectivity index (χ3n) is 4.66. The molecule has 0 unspecified atom stereocenters. The first-order valence-electron chi connectivity index (χ1n) is 11.1. The fraction of sp³-hybridized carbons (Fsp3) is 1.00. The molecule has 0 radical (unpaired) electrons. The Hall–Kier alpha value is -0.0800. The number of hydrogen-bond acceptors (Lipinski definition) is 2. The van der Waals surface area contributed by atoms with Crippen LogP contribution in [0.1, 0.15) is 117 Å². The van der Waals surface area contributed by atoms with Crippen LogP contribution in [0.15, 0.2) is 0 Å². The van der Waals surface area contributed by atoms with Crippen LogP contribution in [-0.4, -0.2) is 26.4 Å². The van der Waals surface area contributed by atoms with E-state index in [2.05, 4.69) is 13.8 Å². The molecule has 0 atom stereocenters. The Morgan fingerprint density at radius 1 is 0.333 bits per heavy atom. The van der Waals surface area contributed by atoms with E-state index in [1.54, 1.807) is 0 Å². The van der Waals surface area contributed by atoms with Crippen molar-refractivity contribution < 1.29 is 9.47 Å². The van der Waals surface area contributed by atoms with Gasteiger partial charge in [0.1, 0.15) is 0 Å². The van der Waals surface area contributed by atoms with E-state index in [-0.39, 0.29) is 0 Å². The molecule has 0 heterocycles. The second kappa shape index (κ2) is 22.9. The van der Waals surface area contributed by atoms with Crippen LogP contribution in [0.2, 0.25) is 0 Å². The van der Waals surface area contributed by atoms with Gasteiger partial charge in [0, 0.05) is 13.2 Å². The van der Waals surface area contributed by atoms with Crippen molar-refractivity contribution in [1.29, 1.82) is 0 Å². The molecule has 0 rings (SSSR count). The molecule has 0 aliphatic carbocycles. The smallest absolute Gasteiger partial charge is 0.0700 e. The molecule has 0 saturated carbocycles. The molecule has 0 amide bonds. The summed E-state index contributed by atoms with van der Waals surface area (Å²) in [7, 11) is 0. The van der Waals surface area contributed by atoms with E-state index < -0.39 is 0 Å². The topological polar surface area (TPSA) is 18.5 Å². The third kappa shape index (κ3) is 21.9. The summed E-state index contributed by atoms with van der Waals surface area (Å²) in [6.45, 7) is 7.90. The van der Waals surface area contributed by atoms with E-state index in [9.17, 15) is 0 Å². The Bertz CT molecular complexity index is 184. The van der Waals surface area contributed by atoms with E-state index >= 15 is 0 Å². The van der Waals surface area contributed by atoms with Gasteiger partial charge in [-0.3, -0.25) is 0 Å². The van der Waals surface area contributed by atoms with Gasteiger partial charge in [-0.05, 0) is 12.8 Å². The second-order valence-electron chi connectivity index (χ2n) is 7.17. The van der Waals surface area contributed by atoms with Crippen LogP contribution >= 0.6 is 0 Å². The van der Waals surface area contributed by atoms with Crippen molar-refractivity contribution in [2.75, 3.05) is 26.4 Å². The highest BCUT2D eigenvalue weighted by molar-refractivity contribution is 4.48. The highest BCUT2D eigenvalue weighted by Crippen LogP contribution is 2.11. The molecule has 0 N–H and O–H groups in total. The summed E-state index contributed by atoms with van der Waals surface area (Å²) in [4.78, 5) is 0. The number of unbranched alkanes of at least 4 members (excludes halogenated alkanes) is 14. The molecule has 2 nitrogen and oxygen atoms in total. The van der Waals surface area contributed by atoms with Gasteiger partial charge in [-0.1, -0.05) is 104 Å². The number of ether oxygens (including phenoxy) is 2. The van der Waals surface area contributed by atoms with Crippen molar-refractivity contribution in [2.24, 2.45) is 0 Å². The van der Waals surface area contributed by atoms with E-state index in [0.717, 1.165) is 26.4 Å². The van der Waals surface area contributed by atoms with Crippen LogP contribution in [0.5, 0.6) is 0 Å². The molecule has 0 aromatic carbocycles. The number of hydrogen-bond donors (Lipinski definition) is 0. The molecular formula is C22H46O2. The van der Waals surface area contributed by atoms with Crippen LogP contribution in [0, 0.1) is 0 Å². The predicted octanol–water partition coefficient (Wildman–Crippen LogP) is 7.30. The fourth-order valence-electron chi connectivity index (χ4n) is 3.00. The minimum Gasteiger partial charge on any atom is -0.379 e. The first kappa shape index (κ1) is 23.9. The average Bonchev–Trinajstić information content (AvgIpc) is 2.60. The molecule has 0 fully saturated rings. The Labute approximate surface area is 153 Å². The van der Waals surface area contributed by atoms with E-state index in [1.165, 1.54) is 103 Å². The lowest BCUT2D eigenvalue weighted by Crippen LogP contribution is -2.06. The summed E-state index contributed by atoms with van der Waals surface area (Å²) in [5, 5.41) is 0. The normalized spacial score (nSPS) is 11.2. The van der Waals surface area contributed by atoms with Gasteiger partial charge < -0.3 is 9.47 Å². The largest absolute Gasteiger partial charge is 0.379 e. The molecule has 0 aromatic heterocycles. The zero-order valence-corrected chi connectivity index (χ0v) is 17.0. The molecular weight excluding hydrogens is 296 g/mol. The Balaban J connectivity index is 2.93. The van der Waals surface area contributed by atoms with E-state index in [4.69, 9.17) is 9.47 Å². The van der Waals surface area contributed by atoms with Crippen molar-refractivity contribution in [3.63, 3.8) is 0 Å². The minimum atomic E-state index is 0.770. The SMILES string of the molecule is CCCCCCCCCCCCCOCCOCCCCCCC. The summed E-state index contributed by atoms with van der Waals surface area (Å²) in [5.74, 6) is 0. The van der Waals surface area contributed by atoms with Crippen LogP contribution in [0.3, 0.4) is 0 Å². The lowest BCUT2D eigenvalue weighted by Gasteiger charge is -2.06. The van der Waals surface area contributed by atoms with Gasteiger partial charge in [-0.25, -0.2) is 0 Å². The monoisotopic (exact) mass is 342 g/mol. The molecule has 0 spiro atoms. The van der Waals surface area contributed by atoms with Crippen molar-refractivity contribution in [2.45, 2.75) is 117 Å². The molecule has 0 aliphatic heterocycles. The highest BCUT2D eigenvalue weighted by atomic mass is 16.5. The predicted molar refractivity (Wildman–Crippen MR) is 107 cm³/mol. The maximum absolute atomic E-state index is 5.64. The molecule has 0 aliphatic rings. The van der Waals surface area contributed by atoms with Gasteiger partial charge >= 0.3 is 0 Å². The van der Waals surface area contributed by atoms with Gasteiger partial charge in [-0.15, -0.1) is 0 Å². The molecule has 24 heavy (non-hydrogen) atoms. The van der Waals surface area contributed by atoms with Gasteiger partial charge in [0.15, 0.2) is 0 Å². The third-order valence-corrected chi connectivity index (χ3v) is 4.66. The van der Waals surface area contributed by atoms with Crippen LogP contribution < -0.4 is 0 Å². The van der Waals surface area contributed by atoms with Crippen molar-refractivity contribution >= 4 is 0 Å². The Morgan fingerprint density at radius 3 is 0.958 bits per heavy atom. The van der Waals surface area contributed by atoms with Crippen LogP contribution in [0.4, 0.5) is 0 Å². The lowest BCUT2D eigenvalue weighted by molar-refractivity contribution is 0.0448. The van der Waals surface area contributed by atoms with Crippen molar-refractivity contribution in [3.05, 3.63) is 0 Å². The zero-order valence-electron chi connectivity index (χ0n) is 17.0. The molecule has 0 aromatic rings. The van der Waals surface area contributed by atoms with Crippen molar-refractivity contribution in [1.82, 2.24) is 0 Å². The lowest BCUT2D eigenvalue weighted by atomic mass is 10.1. The molecule has 0 saturated heterocycles. The highest BCUT2D eigenvalue weighted by Gasteiger charge is 1.94. The van der Waals surface area contributed by atoms with Gasteiger partial charge in [0.2, 0.25) is 0 Å². The summed E-state index contributed by atoms with van der Waals surface area (Å²) >= 11 is 0. The maximum Gasteiger partial charge on any atom is 0.0700 e. The van der Waals surface area contributed by atoms with Gasteiger partial charge in [0.25, 0.3) is 0 Å². The van der Waals surface area contributed by atoms with Gasteiger partial charge in [-0.2, -0.15) is 0 Å². The van der Waals surface area contributed by atoms with Gasteiger partial charge in [0.05, 0.1) is 13.2 Å².